The average molecular weight is 508 g/mol. The van der Waals surface area contributed by atoms with Gasteiger partial charge in [-0.3, -0.25) is 9.36 Å². The van der Waals surface area contributed by atoms with Gasteiger partial charge in [0.05, 0.1) is 18.6 Å². The summed E-state index contributed by atoms with van der Waals surface area (Å²) in [6, 6.07) is 0. The van der Waals surface area contributed by atoms with E-state index in [1.165, 1.54) is 6.33 Å². The molecule has 3 heterocycles. The molecule has 0 saturated carbocycles. The van der Waals surface area contributed by atoms with Gasteiger partial charge in [-0.25, -0.2) is 4.98 Å². The van der Waals surface area contributed by atoms with Gasteiger partial charge in [0.2, 0.25) is 5.88 Å². The van der Waals surface area contributed by atoms with E-state index in [0.29, 0.717) is 5.70 Å². The van der Waals surface area contributed by atoms with Crippen molar-refractivity contribution in [3.63, 3.8) is 0 Å². The molecular weight excluding hydrogens is 495 g/mol. The number of anilines is 2. The Morgan fingerprint density at radius 1 is 1.46 bits per heavy atom. The molecule has 2 unspecified atom stereocenters. The van der Waals surface area contributed by atoms with E-state index in [1.807, 2.05) is 0 Å². The Bertz CT molecular complexity index is 841. The summed E-state index contributed by atoms with van der Waals surface area (Å²) in [5.41, 5.74) is 0.0459. The molecule has 0 spiro atoms. The van der Waals surface area contributed by atoms with E-state index in [4.69, 9.17) is 22.3 Å². The number of hydrogen-bond donors (Lipinski definition) is 5. The van der Waals surface area contributed by atoms with Crippen molar-refractivity contribution >= 4 is 44.6 Å². The minimum Gasteiger partial charge on any atom is -0.777 e. The molecule has 2 atom stereocenters. The molecule has 0 radical (unpaired) electrons. The summed E-state index contributed by atoms with van der Waals surface area (Å²) >= 11 is 9.42. The van der Waals surface area contributed by atoms with Gasteiger partial charge in [0.15, 0.2) is 11.9 Å². The first-order valence-corrected chi connectivity index (χ1v) is 8.43. The molecule has 8 N–H and O–H groups in total. The number of nitrogens with one attached hydrogen (secondary N) is 3. The first-order valence-electron chi connectivity index (χ1n) is 6.08. The van der Waals surface area contributed by atoms with Crippen LogP contribution in [0.4, 0.5) is 11.5 Å². The van der Waals surface area contributed by atoms with Gasteiger partial charge >= 0.3 is 21.1 Å². The van der Waals surface area contributed by atoms with Crippen LogP contribution in [0.3, 0.4) is 0 Å². The molecule has 1 aromatic rings. The number of nitrogens with zero attached hydrogens (tertiary/aromatic N) is 1. The number of fused-ring (bicyclic) bond motifs is 1. The number of phosphoric ester groups is 1. The molecule has 2 aliphatic rings. The van der Waals surface area contributed by atoms with Gasteiger partial charge in [0.25, 0.3) is 13.4 Å². The number of rotatable bonds is 3. The predicted octanol–water partition coefficient (Wildman–Crippen LogP) is -2.31. The number of phosphoric acid groups is 1. The van der Waals surface area contributed by atoms with E-state index in [-0.39, 0.29) is 59.2 Å². The zero-order valence-electron chi connectivity index (χ0n) is 12.5. The van der Waals surface area contributed by atoms with Crippen LogP contribution < -0.4 is 21.1 Å². The summed E-state index contributed by atoms with van der Waals surface area (Å²) in [5, 5.41) is 5.59. The van der Waals surface area contributed by atoms with Crippen molar-refractivity contribution in [3.8, 4) is 0 Å². The maximum Gasteiger partial charge on any atom is 2.00 e. The summed E-state index contributed by atoms with van der Waals surface area (Å²) in [7, 11) is -4.91. The van der Waals surface area contributed by atoms with E-state index in [2.05, 4.69) is 37.8 Å². The second kappa shape index (κ2) is 9.31. The van der Waals surface area contributed by atoms with Gasteiger partial charge < -0.3 is 58.2 Å². The fourth-order valence-corrected chi connectivity index (χ4v) is 2.80. The van der Waals surface area contributed by atoms with Gasteiger partial charge in [0.1, 0.15) is 5.69 Å². The Labute approximate surface area is 171 Å². The van der Waals surface area contributed by atoms with Crippen molar-refractivity contribution < 1.29 is 55.6 Å². The number of thiol groups is 1. The van der Waals surface area contributed by atoms with Crippen LogP contribution in [0.1, 0.15) is 0 Å². The molecule has 0 bridgehead atoms. The molecule has 1 aromatic heterocycles. The summed E-state index contributed by atoms with van der Waals surface area (Å²) < 4.78 is 20.5. The van der Waals surface area contributed by atoms with Gasteiger partial charge in [0, 0.05) is 4.91 Å². The van der Waals surface area contributed by atoms with Crippen LogP contribution in [0.15, 0.2) is 32.5 Å². The van der Waals surface area contributed by atoms with Crippen LogP contribution in [0.2, 0.25) is 0 Å². The van der Waals surface area contributed by atoms with Crippen molar-refractivity contribution in [3.05, 3.63) is 38.1 Å². The van der Waals surface area contributed by atoms with Crippen LogP contribution in [-0.4, -0.2) is 38.5 Å². The third-order valence-electron chi connectivity index (χ3n) is 2.98. The molecule has 2 aliphatic heterocycles. The summed E-state index contributed by atoms with van der Waals surface area (Å²) in [6.07, 6.45) is 0.260. The number of H-pyrrole nitrogens is 1. The molecule has 16 heteroatoms. The van der Waals surface area contributed by atoms with Gasteiger partial charge in [-0.05, 0) is 0 Å². The fourth-order valence-electron chi connectivity index (χ4n) is 1.96. The van der Waals surface area contributed by atoms with E-state index in [9.17, 15) is 14.3 Å². The summed E-state index contributed by atoms with van der Waals surface area (Å²) in [5.74, 6) is 0.361. The number of ether oxygens (including phenoxy) is 1. The molecule has 144 valence electrons. The van der Waals surface area contributed by atoms with Crippen molar-refractivity contribution in [2.24, 2.45) is 0 Å². The smallest absolute Gasteiger partial charge is 0.777 e. The van der Waals surface area contributed by atoms with E-state index >= 15 is 0 Å². The largest absolute Gasteiger partial charge is 2.00 e. The molecule has 3 rings (SSSR count). The quantitative estimate of drug-likeness (QED) is 0.127. The molecular formula is C10H13MoN4O8PS2. The molecule has 12 nitrogen and oxygen atoms in total. The standard InChI is InChI=1S/C10H11N4O6PS2.Mo.2H2O/c15-9-5-8(11-2-12-9)14-10-4(13-5)7(23)6(22)3(20-10)1-19-21(16,17)18;;;/h2-3,13,22-23H,1H2,(H2,16,17,18)(H2,11,12,14,15);;2*1H2/q;+2;;/p-2. The Balaban J connectivity index is 0.00000208. The average Bonchev–Trinajstić information content (AvgIpc) is 2.48. The number of aromatic amines is 1. The van der Waals surface area contributed by atoms with E-state index in [0.717, 1.165) is 0 Å². The van der Waals surface area contributed by atoms with Crippen LogP contribution in [0.25, 0.3) is 0 Å². The van der Waals surface area contributed by atoms with Crippen molar-refractivity contribution in [2.45, 2.75) is 6.10 Å². The van der Waals surface area contributed by atoms with Crippen molar-refractivity contribution in [1.82, 2.24) is 9.97 Å². The van der Waals surface area contributed by atoms with Crippen LogP contribution in [-0.2, 0) is 47.5 Å². The van der Waals surface area contributed by atoms with Crippen molar-refractivity contribution in [2.75, 3.05) is 17.2 Å². The molecule has 0 saturated heterocycles. The van der Waals surface area contributed by atoms with Crippen molar-refractivity contribution in [1.29, 1.82) is 0 Å². The van der Waals surface area contributed by atoms with E-state index in [1.54, 1.807) is 0 Å². The summed E-state index contributed by atoms with van der Waals surface area (Å²) in [6.45, 7) is -0.510. The van der Waals surface area contributed by atoms with Crippen LogP contribution in [0, 0.1) is 0 Å². The second-order valence-corrected chi connectivity index (χ2v) is 6.58. The van der Waals surface area contributed by atoms with Gasteiger partial charge in [-0.15, -0.1) is 17.5 Å². The zero-order chi connectivity index (χ0) is 16.8. The zero-order valence-corrected chi connectivity index (χ0v) is 17.1. The Kier molecular flexibility index (Phi) is 8.97. The number of aromatic nitrogens is 2. The van der Waals surface area contributed by atoms with Gasteiger partial charge in [-0.1, -0.05) is 0 Å². The minimum absolute atomic E-state index is 0. The molecule has 26 heavy (non-hydrogen) atoms. The third-order valence-corrected chi connectivity index (χ3v) is 4.54. The first kappa shape index (κ1) is 25.0. The maximum atomic E-state index is 11.8. The Morgan fingerprint density at radius 2 is 2.12 bits per heavy atom. The maximum absolute atomic E-state index is 11.8. The van der Waals surface area contributed by atoms with Crippen LogP contribution >= 0.6 is 20.5 Å². The third kappa shape index (κ3) is 5.06. The summed E-state index contributed by atoms with van der Waals surface area (Å²) in [4.78, 5) is 37.9. The molecule has 0 fully saturated rings. The molecule has 0 amide bonds. The topological polar surface area (TPSA) is 212 Å². The Morgan fingerprint density at radius 3 is 2.73 bits per heavy atom. The second-order valence-electron chi connectivity index (χ2n) is 4.49. The normalized spacial score (nSPS) is 19.7. The SMILES string of the molecule is O.O.O=c1[nH]cnc2c1NC1=C(N2)OC(COP(=O)([O-])O)C(S)=C1[S-].[Mo+2]. The Hall–Kier alpha value is -0.952. The molecule has 0 aromatic carbocycles. The van der Waals surface area contributed by atoms with Crippen LogP contribution in [0.5, 0.6) is 0 Å². The minimum atomic E-state index is -4.91. The number of hydrogen-bond acceptors (Lipinski definition) is 10. The predicted molar refractivity (Wildman–Crippen MR) is 90.4 cm³/mol. The van der Waals surface area contributed by atoms with Gasteiger partial charge in [-0.2, -0.15) is 0 Å². The monoisotopic (exact) mass is 510 g/mol. The molecule has 0 aliphatic carbocycles. The van der Waals surface area contributed by atoms with E-state index < -0.39 is 26.1 Å². The first-order chi connectivity index (χ1) is 10.8. The fraction of sp³-hybridized carbons (Fsp3) is 0.200.